The lowest BCUT2D eigenvalue weighted by Crippen LogP contribution is -2.46. The van der Waals surface area contributed by atoms with Crippen LogP contribution >= 0.6 is 0 Å². The largest absolute Gasteiger partial charge is 0.396 e. The van der Waals surface area contributed by atoms with Gasteiger partial charge in [0, 0.05) is 18.7 Å². The minimum absolute atomic E-state index is 0.0421. The van der Waals surface area contributed by atoms with Gasteiger partial charge in [0.05, 0.1) is 23.2 Å². The Morgan fingerprint density at radius 3 is 2.58 bits per heavy atom. The summed E-state index contributed by atoms with van der Waals surface area (Å²) >= 11 is 0. The summed E-state index contributed by atoms with van der Waals surface area (Å²) < 4.78 is 1.83. The van der Waals surface area contributed by atoms with Gasteiger partial charge in [-0.25, -0.2) is 9.97 Å². The molecule has 1 amide bonds. The maximum Gasteiger partial charge on any atom is 0.262 e. The summed E-state index contributed by atoms with van der Waals surface area (Å²) in [6, 6.07) is 9.76. The second-order valence-corrected chi connectivity index (χ2v) is 8.48. The molecule has 0 unspecified atom stereocenters. The van der Waals surface area contributed by atoms with Crippen LogP contribution in [0.4, 0.5) is 5.82 Å². The standard InChI is InChI=1S/C24H28N6O3/c1-15-5-7-16(8-6-15)19-18(11-17(12-25)23(33)29-24(2,3)13-32)30(9-4-10-31)22-20(19)21(26)27-14-28-22/h5-8,11,14,31-32H,4,9-10,13H2,1-3H3,(H,29,33)(H2,26,27,28). The molecule has 0 saturated heterocycles. The molecule has 0 aliphatic rings. The number of nitrogen functional groups attached to an aromatic ring is 1. The van der Waals surface area contributed by atoms with Crippen LogP contribution in [0.25, 0.3) is 28.2 Å². The predicted molar refractivity (Wildman–Crippen MR) is 127 cm³/mol. The zero-order valence-electron chi connectivity index (χ0n) is 19.0. The molecule has 0 radical (unpaired) electrons. The van der Waals surface area contributed by atoms with E-state index < -0.39 is 11.4 Å². The molecule has 3 aromatic rings. The highest BCUT2D eigenvalue weighted by Gasteiger charge is 2.25. The van der Waals surface area contributed by atoms with Crippen molar-refractivity contribution in [2.24, 2.45) is 0 Å². The number of rotatable bonds is 8. The average molecular weight is 449 g/mol. The first-order valence-electron chi connectivity index (χ1n) is 10.6. The highest BCUT2D eigenvalue weighted by Crippen LogP contribution is 2.38. The molecule has 0 spiro atoms. The number of carbonyl (C=O) groups excluding carboxylic acids is 1. The number of anilines is 1. The lowest BCUT2D eigenvalue weighted by molar-refractivity contribution is -0.119. The fourth-order valence-electron chi connectivity index (χ4n) is 3.53. The first-order chi connectivity index (χ1) is 15.7. The Labute approximate surface area is 192 Å². The van der Waals surface area contributed by atoms with Crippen LogP contribution in [0.15, 0.2) is 36.2 Å². The Kier molecular flexibility index (Phi) is 7.11. The van der Waals surface area contributed by atoms with Crippen molar-refractivity contribution in [3.63, 3.8) is 0 Å². The lowest BCUT2D eigenvalue weighted by atomic mass is 10.00. The molecule has 9 heteroatoms. The fourth-order valence-corrected chi connectivity index (χ4v) is 3.53. The number of benzene rings is 1. The molecule has 0 saturated carbocycles. The van der Waals surface area contributed by atoms with Crippen molar-refractivity contribution in [3.8, 4) is 17.2 Å². The molecule has 1 aromatic carbocycles. The van der Waals surface area contributed by atoms with Crippen molar-refractivity contribution < 1.29 is 15.0 Å². The number of hydrogen-bond acceptors (Lipinski definition) is 7. The van der Waals surface area contributed by atoms with E-state index in [0.717, 1.165) is 11.1 Å². The van der Waals surface area contributed by atoms with E-state index >= 15 is 0 Å². The van der Waals surface area contributed by atoms with Crippen LogP contribution in [0.2, 0.25) is 0 Å². The molecule has 0 atom stereocenters. The summed E-state index contributed by atoms with van der Waals surface area (Å²) in [5.41, 5.74) is 8.93. The Hall–Kier alpha value is -3.74. The number of nitrogens with two attached hydrogens (primary N) is 1. The number of aliphatic hydroxyl groups excluding tert-OH is 2. The molecule has 5 N–H and O–H groups in total. The lowest BCUT2D eigenvalue weighted by Gasteiger charge is -2.23. The smallest absolute Gasteiger partial charge is 0.262 e. The van der Waals surface area contributed by atoms with Crippen LogP contribution in [0.5, 0.6) is 0 Å². The topological polar surface area (TPSA) is 150 Å². The normalized spacial score (nSPS) is 12.1. The van der Waals surface area contributed by atoms with Gasteiger partial charge in [-0.15, -0.1) is 0 Å². The Bertz CT molecular complexity index is 1240. The molecule has 3 rings (SSSR count). The minimum atomic E-state index is -0.897. The van der Waals surface area contributed by atoms with E-state index in [0.29, 0.717) is 35.3 Å². The van der Waals surface area contributed by atoms with Gasteiger partial charge in [-0.2, -0.15) is 5.26 Å². The monoisotopic (exact) mass is 448 g/mol. The molecule has 0 aliphatic carbocycles. The van der Waals surface area contributed by atoms with Crippen LogP contribution in [0.3, 0.4) is 0 Å². The van der Waals surface area contributed by atoms with Crippen LogP contribution in [0, 0.1) is 18.3 Å². The Balaban J connectivity index is 2.32. The van der Waals surface area contributed by atoms with Gasteiger partial charge < -0.3 is 25.8 Å². The summed E-state index contributed by atoms with van der Waals surface area (Å²) in [6.07, 6.45) is 3.30. The van der Waals surface area contributed by atoms with Crippen molar-refractivity contribution in [3.05, 3.63) is 47.4 Å². The van der Waals surface area contributed by atoms with Gasteiger partial charge in [0.2, 0.25) is 0 Å². The van der Waals surface area contributed by atoms with E-state index in [1.165, 1.54) is 12.4 Å². The van der Waals surface area contributed by atoms with Gasteiger partial charge in [0.25, 0.3) is 5.91 Å². The SMILES string of the molecule is Cc1ccc(-c2c(C=C(C#N)C(=O)NC(C)(C)CO)n(CCCO)c3ncnc(N)c23)cc1. The molecule has 9 nitrogen and oxygen atoms in total. The van der Waals surface area contributed by atoms with Gasteiger partial charge in [-0.1, -0.05) is 29.8 Å². The van der Waals surface area contributed by atoms with E-state index in [4.69, 9.17) is 5.73 Å². The van der Waals surface area contributed by atoms with E-state index in [1.807, 2.05) is 41.8 Å². The summed E-state index contributed by atoms with van der Waals surface area (Å²) in [7, 11) is 0. The zero-order valence-corrected chi connectivity index (χ0v) is 19.0. The second-order valence-electron chi connectivity index (χ2n) is 8.48. The third-order valence-corrected chi connectivity index (χ3v) is 5.28. The van der Waals surface area contributed by atoms with Gasteiger partial charge in [0.1, 0.15) is 29.4 Å². The molecule has 0 aliphatic heterocycles. The highest BCUT2D eigenvalue weighted by molar-refractivity contribution is 6.08. The van der Waals surface area contributed by atoms with Gasteiger partial charge in [0.15, 0.2) is 0 Å². The number of carbonyl (C=O) groups is 1. The molecular weight excluding hydrogens is 420 g/mol. The predicted octanol–water partition coefficient (Wildman–Crippen LogP) is 2.17. The quantitative estimate of drug-likeness (QED) is 0.305. The van der Waals surface area contributed by atoms with Crippen molar-refractivity contribution in [2.75, 3.05) is 18.9 Å². The number of nitrogens with one attached hydrogen (secondary N) is 1. The second kappa shape index (κ2) is 9.81. The van der Waals surface area contributed by atoms with Crippen molar-refractivity contribution in [2.45, 2.75) is 39.3 Å². The van der Waals surface area contributed by atoms with Gasteiger partial charge in [-0.3, -0.25) is 4.79 Å². The van der Waals surface area contributed by atoms with Crippen LogP contribution in [-0.4, -0.2) is 49.4 Å². The first kappa shape index (κ1) is 23.9. The van der Waals surface area contributed by atoms with E-state index in [9.17, 15) is 20.3 Å². The molecular formula is C24H28N6O3. The number of aryl methyl sites for hydroxylation is 2. The van der Waals surface area contributed by atoms with E-state index in [1.54, 1.807) is 13.8 Å². The van der Waals surface area contributed by atoms with Crippen LogP contribution < -0.4 is 11.1 Å². The molecule has 2 aromatic heterocycles. The maximum atomic E-state index is 12.8. The molecule has 0 bridgehead atoms. The first-order valence-corrected chi connectivity index (χ1v) is 10.6. The van der Waals surface area contributed by atoms with Crippen LogP contribution in [0.1, 0.15) is 31.5 Å². The van der Waals surface area contributed by atoms with Gasteiger partial charge >= 0.3 is 0 Å². The molecule has 33 heavy (non-hydrogen) atoms. The third kappa shape index (κ3) is 5.03. The van der Waals surface area contributed by atoms with Gasteiger partial charge in [-0.05, 0) is 38.8 Å². The number of nitriles is 1. The Morgan fingerprint density at radius 1 is 1.27 bits per heavy atom. The fraction of sp³-hybridized carbons (Fsp3) is 0.333. The van der Waals surface area contributed by atoms with E-state index in [-0.39, 0.29) is 24.6 Å². The van der Waals surface area contributed by atoms with E-state index in [2.05, 4.69) is 15.3 Å². The van der Waals surface area contributed by atoms with Crippen molar-refractivity contribution >= 4 is 28.8 Å². The minimum Gasteiger partial charge on any atom is -0.396 e. The summed E-state index contributed by atoms with van der Waals surface area (Å²) in [5, 5.41) is 32.0. The molecule has 2 heterocycles. The zero-order chi connectivity index (χ0) is 24.2. The number of fused-ring (bicyclic) bond motifs is 1. The summed E-state index contributed by atoms with van der Waals surface area (Å²) in [5.74, 6) is -0.332. The highest BCUT2D eigenvalue weighted by atomic mass is 16.3. The number of aliphatic hydroxyl groups is 2. The molecule has 0 fully saturated rings. The van der Waals surface area contributed by atoms with Crippen molar-refractivity contribution in [1.29, 1.82) is 5.26 Å². The third-order valence-electron chi connectivity index (χ3n) is 5.28. The Morgan fingerprint density at radius 2 is 1.97 bits per heavy atom. The van der Waals surface area contributed by atoms with Crippen molar-refractivity contribution in [1.82, 2.24) is 19.9 Å². The molecule has 172 valence electrons. The number of aromatic nitrogens is 3. The number of nitrogens with zero attached hydrogens (tertiary/aromatic N) is 4. The summed E-state index contributed by atoms with van der Waals surface area (Å²) in [4.78, 5) is 21.4. The summed E-state index contributed by atoms with van der Waals surface area (Å²) in [6.45, 7) is 5.37. The maximum absolute atomic E-state index is 12.8. The van der Waals surface area contributed by atoms with Crippen LogP contribution in [-0.2, 0) is 11.3 Å². The average Bonchev–Trinajstić information content (AvgIpc) is 3.10. The number of hydrogen-bond donors (Lipinski definition) is 4. The number of amides is 1.